The van der Waals surface area contributed by atoms with Crippen LogP contribution in [0.3, 0.4) is 0 Å². The van der Waals surface area contributed by atoms with E-state index in [0.717, 1.165) is 5.56 Å². The van der Waals surface area contributed by atoms with Gasteiger partial charge in [-0.3, -0.25) is 9.78 Å². The molecule has 126 valence electrons. The number of hydrogen-bond donors (Lipinski definition) is 2. The van der Waals surface area contributed by atoms with Gasteiger partial charge < -0.3 is 10.6 Å². The Labute approximate surface area is 148 Å². The van der Waals surface area contributed by atoms with Crippen LogP contribution >= 0.6 is 11.6 Å². The summed E-state index contributed by atoms with van der Waals surface area (Å²) < 4.78 is 13.2. The van der Waals surface area contributed by atoms with Crippen molar-refractivity contribution in [1.82, 2.24) is 15.3 Å². The van der Waals surface area contributed by atoms with E-state index >= 15 is 0 Å². The second-order valence-electron chi connectivity index (χ2n) is 5.23. The van der Waals surface area contributed by atoms with Gasteiger partial charge in [0.2, 0.25) is 0 Å². The summed E-state index contributed by atoms with van der Waals surface area (Å²) in [6, 6.07) is 11.3. The third kappa shape index (κ3) is 4.51. The number of aromatic nitrogens is 2. The number of carbonyl (C=O) groups excluding carboxylic acids is 1. The summed E-state index contributed by atoms with van der Waals surface area (Å²) in [6.07, 6.45) is 4.83. The Morgan fingerprint density at radius 2 is 2.04 bits per heavy atom. The molecule has 2 N–H and O–H groups in total. The van der Waals surface area contributed by atoms with E-state index in [-0.39, 0.29) is 10.9 Å². The molecule has 0 radical (unpaired) electrons. The molecule has 0 saturated carbocycles. The predicted octanol–water partition coefficient (Wildman–Crippen LogP) is 3.94. The van der Waals surface area contributed by atoms with Gasteiger partial charge >= 0.3 is 0 Å². The van der Waals surface area contributed by atoms with Crippen LogP contribution < -0.4 is 10.6 Å². The van der Waals surface area contributed by atoms with Gasteiger partial charge in [-0.15, -0.1) is 0 Å². The van der Waals surface area contributed by atoms with Crippen molar-refractivity contribution >= 4 is 29.0 Å². The van der Waals surface area contributed by atoms with Crippen molar-refractivity contribution in [1.29, 1.82) is 0 Å². The lowest BCUT2D eigenvalue weighted by atomic mass is 10.2. The molecule has 0 aliphatic heterocycles. The summed E-state index contributed by atoms with van der Waals surface area (Å²) >= 11 is 5.74. The highest BCUT2D eigenvalue weighted by Crippen LogP contribution is 2.21. The van der Waals surface area contributed by atoms with Crippen LogP contribution in [0.1, 0.15) is 15.9 Å². The lowest BCUT2D eigenvalue weighted by molar-refractivity contribution is 0.0950. The fraction of sp³-hybridized carbons (Fsp3) is 0.0556. The number of nitrogens with one attached hydrogen (secondary N) is 2. The molecule has 0 bridgehead atoms. The number of rotatable bonds is 5. The van der Waals surface area contributed by atoms with Crippen LogP contribution in [0.4, 0.5) is 15.9 Å². The molecular weight excluding hydrogens is 343 g/mol. The molecule has 3 aromatic rings. The van der Waals surface area contributed by atoms with E-state index in [4.69, 9.17) is 11.6 Å². The monoisotopic (exact) mass is 356 g/mol. The first-order chi connectivity index (χ1) is 12.1. The second kappa shape index (κ2) is 7.72. The first kappa shape index (κ1) is 16.9. The zero-order chi connectivity index (χ0) is 17.6. The van der Waals surface area contributed by atoms with Crippen molar-refractivity contribution in [3.63, 3.8) is 0 Å². The Hall–Kier alpha value is -2.99. The Kier molecular flexibility index (Phi) is 5.20. The zero-order valence-electron chi connectivity index (χ0n) is 13.0. The number of anilines is 2. The molecule has 2 heterocycles. The molecular formula is C18H14ClFN4O. The normalized spacial score (nSPS) is 10.3. The number of pyridine rings is 2. The van der Waals surface area contributed by atoms with E-state index < -0.39 is 5.82 Å². The largest absolute Gasteiger partial charge is 0.348 e. The van der Waals surface area contributed by atoms with Gasteiger partial charge in [-0.05, 0) is 42.0 Å². The van der Waals surface area contributed by atoms with Crippen molar-refractivity contribution in [3.05, 3.63) is 83.0 Å². The minimum Gasteiger partial charge on any atom is -0.348 e. The van der Waals surface area contributed by atoms with E-state index in [0.29, 0.717) is 23.6 Å². The number of nitrogens with zero attached hydrogens (tertiary/aromatic N) is 2. The lowest BCUT2D eigenvalue weighted by Gasteiger charge is -2.08. The molecule has 2 aromatic heterocycles. The maximum atomic E-state index is 13.2. The molecule has 5 nitrogen and oxygen atoms in total. The first-order valence-electron chi connectivity index (χ1n) is 7.47. The van der Waals surface area contributed by atoms with E-state index in [1.807, 2.05) is 12.1 Å². The Bertz CT molecular complexity index is 872. The summed E-state index contributed by atoms with van der Waals surface area (Å²) in [4.78, 5) is 20.3. The summed E-state index contributed by atoms with van der Waals surface area (Å²) in [5.41, 5.74) is 1.95. The van der Waals surface area contributed by atoms with E-state index in [1.165, 1.54) is 18.3 Å². The zero-order valence-corrected chi connectivity index (χ0v) is 13.8. The highest BCUT2D eigenvalue weighted by Gasteiger charge is 2.07. The van der Waals surface area contributed by atoms with Gasteiger partial charge in [0.1, 0.15) is 11.6 Å². The molecule has 3 rings (SSSR count). The molecule has 0 aliphatic rings. The van der Waals surface area contributed by atoms with Crippen LogP contribution in [0.5, 0.6) is 0 Å². The smallest absolute Gasteiger partial charge is 0.253 e. The Morgan fingerprint density at radius 3 is 2.72 bits per heavy atom. The van der Waals surface area contributed by atoms with Gasteiger partial charge in [-0.25, -0.2) is 9.37 Å². The molecule has 0 unspecified atom stereocenters. The average Bonchev–Trinajstić information content (AvgIpc) is 2.64. The van der Waals surface area contributed by atoms with Crippen LogP contribution in [0.2, 0.25) is 5.02 Å². The minimum absolute atomic E-state index is 0.0244. The van der Waals surface area contributed by atoms with Crippen LogP contribution in [0.25, 0.3) is 0 Å². The average molecular weight is 357 g/mol. The van der Waals surface area contributed by atoms with Crippen molar-refractivity contribution in [2.45, 2.75) is 6.54 Å². The second-order valence-corrected chi connectivity index (χ2v) is 5.64. The molecule has 25 heavy (non-hydrogen) atoms. The van der Waals surface area contributed by atoms with Gasteiger partial charge in [0.05, 0.1) is 10.6 Å². The molecule has 0 spiro atoms. The molecule has 1 amide bonds. The van der Waals surface area contributed by atoms with Crippen LogP contribution in [-0.4, -0.2) is 15.9 Å². The quantitative estimate of drug-likeness (QED) is 0.726. The maximum Gasteiger partial charge on any atom is 0.253 e. The molecule has 0 saturated heterocycles. The number of halogens is 2. The third-order valence-corrected chi connectivity index (χ3v) is 3.68. The fourth-order valence-electron chi connectivity index (χ4n) is 2.11. The predicted molar refractivity (Wildman–Crippen MR) is 94.3 cm³/mol. The third-order valence-electron chi connectivity index (χ3n) is 3.39. The molecule has 0 atom stereocenters. The Balaban J connectivity index is 1.61. The summed E-state index contributed by atoms with van der Waals surface area (Å²) in [7, 11) is 0. The van der Waals surface area contributed by atoms with E-state index in [2.05, 4.69) is 20.6 Å². The fourth-order valence-corrected chi connectivity index (χ4v) is 2.29. The van der Waals surface area contributed by atoms with Gasteiger partial charge in [0.25, 0.3) is 5.91 Å². The van der Waals surface area contributed by atoms with Crippen molar-refractivity contribution in [2.24, 2.45) is 0 Å². The summed E-state index contributed by atoms with van der Waals surface area (Å²) in [5, 5.41) is 5.82. The molecule has 1 aromatic carbocycles. The van der Waals surface area contributed by atoms with E-state index in [9.17, 15) is 9.18 Å². The number of benzene rings is 1. The van der Waals surface area contributed by atoms with Crippen molar-refractivity contribution in [2.75, 3.05) is 5.32 Å². The summed E-state index contributed by atoms with van der Waals surface area (Å²) in [6.45, 7) is 0.390. The molecule has 0 fully saturated rings. The van der Waals surface area contributed by atoms with Gasteiger partial charge in [0.15, 0.2) is 0 Å². The van der Waals surface area contributed by atoms with Crippen LogP contribution in [-0.2, 0) is 6.54 Å². The maximum absolute atomic E-state index is 13.2. The number of amides is 1. The minimum atomic E-state index is -0.485. The summed E-state index contributed by atoms with van der Waals surface area (Å²) in [5.74, 6) is -0.194. The van der Waals surface area contributed by atoms with Gasteiger partial charge in [-0.2, -0.15) is 0 Å². The SMILES string of the molecule is O=C(NCc1cccnc1)c1ccc(Nc2ccc(F)c(Cl)c2)nc1. The topological polar surface area (TPSA) is 66.9 Å². The van der Waals surface area contributed by atoms with Crippen LogP contribution in [0, 0.1) is 5.82 Å². The first-order valence-corrected chi connectivity index (χ1v) is 7.85. The molecule has 0 aliphatic carbocycles. The van der Waals surface area contributed by atoms with E-state index in [1.54, 1.807) is 30.6 Å². The Morgan fingerprint density at radius 1 is 1.16 bits per heavy atom. The van der Waals surface area contributed by atoms with Crippen molar-refractivity contribution in [3.8, 4) is 0 Å². The number of hydrogen-bond acceptors (Lipinski definition) is 4. The standard InChI is InChI=1S/C18H14ClFN4O/c19-15-8-14(4-5-16(15)20)24-17-6-3-13(11-22-17)18(25)23-10-12-2-1-7-21-9-12/h1-9,11H,10H2,(H,22,24)(H,23,25). The van der Waals surface area contributed by atoms with Crippen molar-refractivity contribution < 1.29 is 9.18 Å². The molecule has 7 heteroatoms. The number of carbonyl (C=O) groups is 1. The highest BCUT2D eigenvalue weighted by atomic mass is 35.5. The lowest BCUT2D eigenvalue weighted by Crippen LogP contribution is -2.22. The van der Waals surface area contributed by atoms with Gasteiger partial charge in [-0.1, -0.05) is 17.7 Å². The highest BCUT2D eigenvalue weighted by molar-refractivity contribution is 6.31. The van der Waals surface area contributed by atoms with Crippen LogP contribution in [0.15, 0.2) is 61.1 Å². The van der Waals surface area contributed by atoms with Gasteiger partial charge in [0, 0.05) is 30.8 Å².